The third-order valence-electron chi connectivity index (χ3n) is 12.8. The van der Waals surface area contributed by atoms with Crippen molar-refractivity contribution in [1.29, 1.82) is 0 Å². The van der Waals surface area contributed by atoms with Crippen LogP contribution in [0.2, 0.25) is 0 Å². The van der Waals surface area contributed by atoms with Crippen LogP contribution in [0.4, 0.5) is 11.4 Å². The summed E-state index contributed by atoms with van der Waals surface area (Å²) in [5, 5.41) is 2.68. The highest BCUT2D eigenvalue weighted by molar-refractivity contribution is 5.91. The van der Waals surface area contributed by atoms with E-state index in [0.29, 0.717) is 0 Å². The summed E-state index contributed by atoms with van der Waals surface area (Å²) in [6, 6.07) is 77.2. The summed E-state index contributed by atoms with van der Waals surface area (Å²) >= 11 is 0. The van der Waals surface area contributed by atoms with E-state index in [2.05, 4.69) is 245 Å². The van der Waals surface area contributed by atoms with Crippen molar-refractivity contribution in [3.63, 3.8) is 0 Å². The number of rotatable bonds is 4. The minimum Gasteiger partial charge on any atom is -0.472 e. The molecular formula is C67H63NO. The molecule has 1 spiro atoms. The number of anilines is 2. The van der Waals surface area contributed by atoms with Gasteiger partial charge in [-0.25, -0.2) is 0 Å². The van der Waals surface area contributed by atoms with Gasteiger partial charge in [0.25, 0.3) is 0 Å². The maximum atomic E-state index is 7.45. The van der Waals surface area contributed by atoms with Crippen LogP contribution in [0.3, 0.4) is 0 Å². The van der Waals surface area contributed by atoms with Crippen LogP contribution in [-0.2, 0) is 5.60 Å². The first-order valence-electron chi connectivity index (χ1n) is 24.5. The van der Waals surface area contributed by atoms with Crippen molar-refractivity contribution >= 4 is 33.3 Å². The van der Waals surface area contributed by atoms with E-state index >= 15 is 0 Å². The molecule has 0 fully saturated rings. The third kappa shape index (κ3) is 9.62. The zero-order valence-electron chi connectivity index (χ0n) is 41.2. The maximum Gasteiger partial charge on any atom is 0.186 e. The minimum absolute atomic E-state index is 0.840. The van der Waals surface area contributed by atoms with Gasteiger partial charge in [-0.1, -0.05) is 240 Å². The Kier molecular flexibility index (Phi) is 15.0. The molecule has 0 bridgehead atoms. The van der Waals surface area contributed by atoms with Gasteiger partial charge >= 0.3 is 0 Å². The molecule has 0 N–H and O–H groups in total. The zero-order valence-corrected chi connectivity index (χ0v) is 41.2. The molecule has 1 aliphatic heterocycles. The van der Waals surface area contributed by atoms with E-state index in [9.17, 15) is 0 Å². The van der Waals surface area contributed by atoms with Gasteiger partial charge in [0.05, 0.1) is 0 Å². The van der Waals surface area contributed by atoms with Crippen molar-refractivity contribution in [2.45, 2.75) is 60.5 Å². The molecule has 2 heteroatoms. The van der Waals surface area contributed by atoms with Gasteiger partial charge in [0.1, 0.15) is 5.75 Å². The quantitative estimate of drug-likeness (QED) is 0.175. The Balaban J connectivity index is 0.000000241. The molecular weight excluding hydrogens is 835 g/mol. The monoisotopic (exact) mass is 897 g/mol. The molecule has 1 unspecified atom stereocenters. The Hall–Kier alpha value is -7.94. The van der Waals surface area contributed by atoms with Gasteiger partial charge in [-0.05, 0) is 107 Å². The minimum atomic E-state index is -0.862. The Morgan fingerprint density at radius 1 is 0.449 bits per heavy atom. The summed E-state index contributed by atoms with van der Waals surface area (Å²) in [5.74, 6) is 0.842. The number of ether oxygens (including phenoxy) is 1. The van der Waals surface area contributed by atoms with Crippen LogP contribution in [-0.4, -0.2) is 0 Å². The van der Waals surface area contributed by atoms with E-state index in [1.165, 1.54) is 55.4 Å². The number of benzene rings is 9. The Morgan fingerprint density at radius 3 is 1.74 bits per heavy atom. The number of hydrogen-bond donors (Lipinski definition) is 0. The molecule has 3 aliphatic rings. The topological polar surface area (TPSA) is 12.5 Å². The number of para-hydroxylation sites is 2. The van der Waals surface area contributed by atoms with Gasteiger partial charge in [-0.3, -0.25) is 0 Å². The number of nitrogens with zero attached hydrogens (tertiary/aromatic N) is 1. The predicted octanol–water partition coefficient (Wildman–Crippen LogP) is 18.4. The molecule has 1 heterocycles. The van der Waals surface area contributed by atoms with Crippen molar-refractivity contribution in [3.8, 4) is 16.9 Å². The van der Waals surface area contributed by atoms with Gasteiger partial charge in [-0.15, -0.1) is 0 Å². The Bertz CT molecular complexity index is 3250. The first kappa shape index (κ1) is 47.5. The molecule has 1 atom stereocenters. The van der Waals surface area contributed by atoms with E-state index in [-0.39, 0.29) is 0 Å². The van der Waals surface area contributed by atoms with Crippen molar-refractivity contribution < 1.29 is 4.74 Å². The highest BCUT2D eigenvalue weighted by Gasteiger charge is 2.50. The van der Waals surface area contributed by atoms with E-state index in [1.54, 1.807) is 0 Å². The van der Waals surface area contributed by atoms with E-state index in [0.717, 1.165) is 56.9 Å². The van der Waals surface area contributed by atoms with Crippen LogP contribution >= 0.6 is 0 Å². The fourth-order valence-corrected chi connectivity index (χ4v) is 9.64. The second kappa shape index (κ2) is 21.8. The Labute approximate surface area is 411 Å². The van der Waals surface area contributed by atoms with E-state index in [1.807, 2.05) is 45.9 Å². The van der Waals surface area contributed by atoms with Crippen LogP contribution < -0.4 is 9.64 Å². The molecule has 69 heavy (non-hydrogen) atoms. The fraction of sp³-hybridized carbons (Fsp3) is 0.134. The standard InChI is InChI=1S/C45H33NO.C11H10.C7H8.2C2H6/c1-30-21-25-37-31(2)38-17-10-12-20-44(38)47-45(42(37)27-30)41-19-11-9-18-39(41)40-26-24-36(29-43(40)45)46(34-15-7-4-8-16-34)35-23-22-33(28-35)32-13-5-3-6-14-32;1-9-5-4-7-10-6-2-3-8-11(9)10;1-7-5-3-2-4-6-7;2*1-2/h3-27,29H,2,28H2,1H3;2-8H,1H3;2-6H,1H3;2*1-2H3. The lowest BCUT2D eigenvalue weighted by Gasteiger charge is -2.35. The van der Waals surface area contributed by atoms with Gasteiger partial charge in [-0.2, -0.15) is 0 Å². The average molecular weight is 898 g/mol. The molecule has 0 amide bonds. The molecule has 0 aromatic heterocycles. The molecule has 12 rings (SSSR count). The molecule has 2 nitrogen and oxygen atoms in total. The number of hydrogen-bond acceptors (Lipinski definition) is 2. The van der Waals surface area contributed by atoms with Crippen molar-refractivity contribution in [3.05, 3.63) is 293 Å². The summed E-state index contributed by atoms with van der Waals surface area (Å²) in [6.45, 7) is 19.0. The number of fused-ring (bicyclic) bond motifs is 9. The molecule has 9 aromatic rings. The SMILES string of the molecule is C=C1c2ccccc2OC2(c3cc(C)ccc31)c1ccccc1-c1ccc(N(C3=CC=C(c4ccccc4)C3)c3ccccc3)cc12.CC.CC.Cc1cccc2ccccc12.Cc1ccccc1. The smallest absolute Gasteiger partial charge is 0.186 e. The van der Waals surface area contributed by atoms with Gasteiger partial charge < -0.3 is 9.64 Å². The molecule has 9 aromatic carbocycles. The molecule has 342 valence electrons. The highest BCUT2D eigenvalue weighted by atomic mass is 16.5. The van der Waals surface area contributed by atoms with Crippen molar-refractivity contribution in [2.24, 2.45) is 0 Å². The summed E-state index contributed by atoms with van der Waals surface area (Å²) in [7, 11) is 0. The summed E-state index contributed by atoms with van der Waals surface area (Å²) in [6.07, 6.45) is 5.38. The maximum absolute atomic E-state index is 7.45. The zero-order chi connectivity index (χ0) is 48.3. The predicted molar refractivity (Wildman–Crippen MR) is 296 cm³/mol. The summed E-state index contributed by atoms with van der Waals surface area (Å²) < 4.78 is 7.45. The highest BCUT2D eigenvalue weighted by Crippen LogP contribution is 2.58. The second-order valence-corrected chi connectivity index (χ2v) is 17.1. The normalized spacial score (nSPS) is 14.3. The molecule has 0 saturated carbocycles. The average Bonchev–Trinajstić information content (AvgIpc) is 3.98. The largest absolute Gasteiger partial charge is 0.472 e. The Morgan fingerprint density at radius 2 is 1.03 bits per heavy atom. The van der Waals surface area contributed by atoms with Crippen LogP contribution in [0.25, 0.3) is 33.0 Å². The van der Waals surface area contributed by atoms with Crippen LogP contribution in [0, 0.1) is 20.8 Å². The summed E-state index contributed by atoms with van der Waals surface area (Å²) in [5.41, 5.74) is 18.0. The first-order valence-corrected chi connectivity index (χ1v) is 24.5. The lowest BCUT2D eigenvalue weighted by molar-refractivity contribution is 0.161. The van der Waals surface area contributed by atoms with E-state index < -0.39 is 5.60 Å². The second-order valence-electron chi connectivity index (χ2n) is 17.1. The van der Waals surface area contributed by atoms with Crippen molar-refractivity contribution in [2.75, 3.05) is 4.90 Å². The van der Waals surface area contributed by atoms with Crippen LogP contribution in [0.15, 0.2) is 243 Å². The molecule has 0 saturated heterocycles. The van der Waals surface area contributed by atoms with Gasteiger partial charge in [0.2, 0.25) is 0 Å². The van der Waals surface area contributed by atoms with Gasteiger partial charge in [0.15, 0.2) is 5.60 Å². The number of aryl methyl sites for hydroxylation is 3. The fourth-order valence-electron chi connectivity index (χ4n) is 9.64. The van der Waals surface area contributed by atoms with Crippen molar-refractivity contribution in [1.82, 2.24) is 0 Å². The first-order chi connectivity index (χ1) is 33.9. The molecule has 0 radical (unpaired) electrons. The number of allylic oxidation sites excluding steroid dienone is 3. The van der Waals surface area contributed by atoms with Crippen LogP contribution in [0.5, 0.6) is 5.75 Å². The van der Waals surface area contributed by atoms with E-state index in [4.69, 9.17) is 4.74 Å². The third-order valence-corrected chi connectivity index (χ3v) is 12.8. The lowest BCUT2D eigenvalue weighted by Crippen LogP contribution is -2.34. The molecule has 2 aliphatic carbocycles. The van der Waals surface area contributed by atoms with Crippen LogP contribution in [0.1, 0.15) is 84.2 Å². The lowest BCUT2D eigenvalue weighted by atomic mass is 9.79. The summed E-state index contributed by atoms with van der Waals surface area (Å²) in [4.78, 5) is 2.41. The van der Waals surface area contributed by atoms with Gasteiger partial charge in [0, 0.05) is 45.7 Å².